The minimum absolute atomic E-state index is 0.0624. The minimum atomic E-state index is -4.56. The van der Waals surface area contributed by atoms with E-state index in [2.05, 4.69) is 4.98 Å². The zero-order valence-corrected chi connectivity index (χ0v) is 20.0. The molecule has 0 bridgehead atoms. The lowest BCUT2D eigenvalue weighted by Crippen LogP contribution is -2.13. The van der Waals surface area contributed by atoms with Crippen LogP contribution < -0.4 is 0 Å². The van der Waals surface area contributed by atoms with E-state index in [-0.39, 0.29) is 39.1 Å². The van der Waals surface area contributed by atoms with Crippen molar-refractivity contribution in [1.29, 1.82) is 0 Å². The van der Waals surface area contributed by atoms with Crippen LogP contribution in [0.2, 0.25) is 10.2 Å². The Morgan fingerprint density at radius 3 is 2.49 bits per heavy atom. The number of ether oxygens (including phenoxy) is 1. The van der Waals surface area contributed by atoms with E-state index in [9.17, 15) is 23.1 Å². The van der Waals surface area contributed by atoms with Gasteiger partial charge in [-0.2, -0.15) is 13.2 Å². The molecule has 1 unspecified atom stereocenters. The first-order valence-corrected chi connectivity index (χ1v) is 11.3. The van der Waals surface area contributed by atoms with Gasteiger partial charge in [0.1, 0.15) is 11.3 Å². The molecule has 0 saturated carbocycles. The van der Waals surface area contributed by atoms with Crippen molar-refractivity contribution in [3.8, 4) is 5.69 Å². The first kappa shape index (κ1) is 25.0. The van der Waals surface area contributed by atoms with Crippen molar-refractivity contribution in [2.24, 2.45) is 0 Å². The lowest BCUT2D eigenvalue weighted by molar-refractivity contribution is -0.137. The van der Waals surface area contributed by atoms with Crippen molar-refractivity contribution in [2.45, 2.75) is 26.1 Å². The predicted octanol–water partition coefficient (Wildman–Crippen LogP) is 6.92. The van der Waals surface area contributed by atoms with Crippen molar-refractivity contribution in [3.05, 3.63) is 92.9 Å². The number of carbonyl (C=O) groups is 1. The standard InChI is InChI=1S/C25H19Cl2F3N2O3/c1-3-35-24(34)17-12-31-23(27)20(21(17)26)22(33)19-11-16-13(2)9-14(25(28,29)30)10-18(16)32(19)15-7-5-4-6-8-15/h4-12,22,33H,3H2,1-2H3. The summed E-state index contributed by atoms with van der Waals surface area (Å²) in [6.07, 6.45) is -4.95. The number of aliphatic hydroxyl groups excluding tert-OH is 1. The molecular weight excluding hydrogens is 504 g/mol. The van der Waals surface area contributed by atoms with Gasteiger partial charge >= 0.3 is 12.1 Å². The molecule has 2 aromatic heterocycles. The smallest absolute Gasteiger partial charge is 0.416 e. The number of alkyl halides is 3. The average molecular weight is 523 g/mol. The van der Waals surface area contributed by atoms with E-state index >= 15 is 0 Å². The molecule has 10 heteroatoms. The van der Waals surface area contributed by atoms with E-state index in [1.165, 1.54) is 4.57 Å². The van der Waals surface area contributed by atoms with Gasteiger partial charge < -0.3 is 14.4 Å². The number of hydrogen-bond acceptors (Lipinski definition) is 4. The number of para-hydroxylation sites is 1. The second-order valence-corrected chi connectivity index (χ2v) is 8.51. The Morgan fingerprint density at radius 2 is 1.86 bits per heavy atom. The van der Waals surface area contributed by atoms with Crippen LogP contribution in [0.1, 0.15) is 45.8 Å². The summed E-state index contributed by atoms with van der Waals surface area (Å²) in [5, 5.41) is 11.6. The quantitative estimate of drug-likeness (QED) is 0.228. The highest BCUT2D eigenvalue weighted by molar-refractivity contribution is 6.37. The Labute approximate surface area is 208 Å². The number of pyridine rings is 1. The molecule has 0 spiro atoms. The number of hydrogen-bond donors (Lipinski definition) is 1. The monoisotopic (exact) mass is 522 g/mol. The van der Waals surface area contributed by atoms with Crippen molar-refractivity contribution in [2.75, 3.05) is 6.61 Å². The first-order valence-electron chi connectivity index (χ1n) is 10.5. The summed E-state index contributed by atoms with van der Waals surface area (Å²) < 4.78 is 47.3. The van der Waals surface area contributed by atoms with Gasteiger partial charge in [-0.3, -0.25) is 0 Å². The van der Waals surface area contributed by atoms with Crippen LogP contribution in [0.25, 0.3) is 16.6 Å². The molecule has 0 aliphatic heterocycles. The number of nitrogens with zero attached hydrogens (tertiary/aromatic N) is 2. The number of rotatable bonds is 5. The Hall–Kier alpha value is -3.07. The molecule has 1 N–H and O–H groups in total. The van der Waals surface area contributed by atoms with Crippen LogP contribution in [-0.4, -0.2) is 27.2 Å². The van der Waals surface area contributed by atoms with Gasteiger partial charge in [0.25, 0.3) is 0 Å². The molecule has 0 aliphatic carbocycles. The summed E-state index contributed by atoms with van der Waals surface area (Å²) in [7, 11) is 0. The van der Waals surface area contributed by atoms with Crippen molar-refractivity contribution >= 4 is 40.1 Å². The lowest BCUT2D eigenvalue weighted by atomic mass is 10.0. The fourth-order valence-electron chi connectivity index (χ4n) is 3.95. The maximum Gasteiger partial charge on any atom is 0.416 e. The molecule has 0 fully saturated rings. The van der Waals surface area contributed by atoms with Gasteiger partial charge in [0.05, 0.1) is 34.0 Å². The van der Waals surface area contributed by atoms with Crippen LogP contribution in [0, 0.1) is 6.92 Å². The Morgan fingerprint density at radius 1 is 1.17 bits per heavy atom. The summed E-state index contributed by atoms with van der Waals surface area (Å²) in [6, 6.07) is 12.3. The predicted molar refractivity (Wildman–Crippen MR) is 127 cm³/mol. The van der Waals surface area contributed by atoms with Crippen LogP contribution in [0.5, 0.6) is 0 Å². The van der Waals surface area contributed by atoms with E-state index in [1.807, 2.05) is 0 Å². The van der Waals surface area contributed by atoms with E-state index < -0.39 is 23.8 Å². The zero-order valence-electron chi connectivity index (χ0n) is 18.5. The highest BCUT2D eigenvalue weighted by Gasteiger charge is 2.33. The Bertz CT molecular complexity index is 1420. The third-order valence-electron chi connectivity index (χ3n) is 5.55. The number of carbonyl (C=O) groups excluding carboxylic acids is 1. The number of aryl methyl sites for hydroxylation is 1. The largest absolute Gasteiger partial charge is 0.462 e. The summed E-state index contributed by atoms with van der Waals surface area (Å²) >= 11 is 12.7. The highest BCUT2D eigenvalue weighted by Crippen LogP contribution is 2.41. The number of fused-ring (bicyclic) bond motifs is 1. The van der Waals surface area contributed by atoms with Gasteiger partial charge in [-0.1, -0.05) is 41.4 Å². The zero-order chi connectivity index (χ0) is 25.5. The Kier molecular flexibility index (Phi) is 6.81. The van der Waals surface area contributed by atoms with Crippen LogP contribution in [-0.2, 0) is 10.9 Å². The van der Waals surface area contributed by atoms with E-state index in [0.29, 0.717) is 16.6 Å². The van der Waals surface area contributed by atoms with E-state index in [1.54, 1.807) is 50.2 Å². The highest BCUT2D eigenvalue weighted by atomic mass is 35.5. The molecule has 0 amide bonds. The molecule has 1 atom stereocenters. The van der Waals surface area contributed by atoms with Crippen LogP contribution in [0.4, 0.5) is 13.2 Å². The number of aromatic nitrogens is 2. The van der Waals surface area contributed by atoms with Gasteiger partial charge in [0.15, 0.2) is 0 Å². The number of aliphatic hydroxyl groups is 1. The number of esters is 1. The summed E-state index contributed by atoms with van der Waals surface area (Å²) in [6.45, 7) is 3.28. The van der Waals surface area contributed by atoms with Gasteiger partial charge in [-0.15, -0.1) is 0 Å². The van der Waals surface area contributed by atoms with E-state index in [4.69, 9.17) is 27.9 Å². The topological polar surface area (TPSA) is 64.3 Å². The fraction of sp³-hybridized carbons (Fsp3) is 0.200. The second kappa shape index (κ2) is 9.53. The fourth-order valence-corrected chi connectivity index (χ4v) is 4.56. The molecule has 2 heterocycles. The molecule has 0 aliphatic rings. The van der Waals surface area contributed by atoms with Crippen LogP contribution in [0.15, 0.2) is 54.7 Å². The molecule has 2 aromatic carbocycles. The van der Waals surface area contributed by atoms with Gasteiger partial charge in [0.2, 0.25) is 0 Å². The number of benzene rings is 2. The molecular formula is C25H19Cl2F3N2O3. The van der Waals surface area contributed by atoms with Crippen molar-refractivity contribution in [1.82, 2.24) is 9.55 Å². The molecule has 4 rings (SSSR count). The van der Waals surface area contributed by atoms with Crippen LogP contribution >= 0.6 is 23.2 Å². The maximum absolute atomic E-state index is 13.6. The summed E-state index contributed by atoms with van der Waals surface area (Å²) in [5.74, 6) is -0.746. The number of halogens is 5. The molecule has 35 heavy (non-hydrogen) atoms. The third-order valence-corrected chi connectivity index (χ3v) is 6.26. The van der Waals surface area contributed by atoms with Crippen LogP contribution in [0.3, 0.4) is 0 Å². The van der Waals surface area contributed by atoms with Crippen molar-refractivity contribution < 1.29 is 27.8 Å². The summed E-state index contributed by atoms with van der Waals surface area (Å²) in [4.78, 5) is 16.3. The van der Waals surface area contributed by atoms with Gasteiger partial charge in [-0.25, -0.2) is 9.78 Å². The van der Waals surface area contributed by atoms with Crippen molar-refractivity contribution in [3.63, 3.8) is 0 Å². The Balaban J connectivity index is 2.01. The summed E-state index contributed by atoms with van der Waals surface area (Å²) in [5.41, 5.74) is 0.337. The molecule has 5 nitrogen and oxygen atoms in total. The molecule has 0 saturated heterocycles. The molecule has 4 aromatic rings. The average Bonchev–Trinajstić information content (AvgIpc) is 3.19. The molecule has 0 radical (unpaired) electrons. The molecule has 182 valence electrons. The second-order valence-electron chi connectivity index (χ2n) is 7.78. The SMILES string of the molecule is CCOC(=O)c1cnc(Cl)c(C(O)c2cc3c(C)cc(C(F)(F)F)cc3n2-c2ccccc2)c1Cl. The third kappa shape index (κ3) is 4.61. The van der Waals surface area contributed by atoms with Gasteiger partial charge in [0, 0.05) is 22.8 Å². The normalized spacial score (nSPS) is 12.7. The maximum atomic E-state index is 13.6. The van der Waals surface area contributed by atoms with Gasteiger partial charge in [-0.05, 0) is 49.7 Å². The first-order chi connectivity index (χ1) is 16.5. The lowest BCUT2D eigenvalue weighted by Gasteiger charge is -2.19. The minimum Gasteiger partial charge on any atom is -0.462 e. The van der Waals surface area contributed by atoms with E-state index in [0.717, 1.165) is 18.3 Å².